The molecule has 0 radical (unpaired) electrons. The molecule has 0 unspecified atom stereocenters. The Morgan fingerprint density at radius 3 is 1.10 bits per heavy atom. The fraction of sp³-hybridized carbons (Fsp3) is 0.532. The predicted octanol–water partition coefficient (Wildman–Crippen LogP) is 14.4. The zero-order valence-electron chi connectivity index (χ0n) is 31.2. The molecule has 50 heavy (non-hydrogen) atoms. The molecule has 0 saturated heterocycles. The van der Waals surface area contributed by atoms with Gasteiger partial charge in [0.15, 0.2) is 0 Å². The minimum absolute atomic E-state index is 0. The van der Waals surface area contributed by atoms with Gasteiger partial charge in [-0.25, -0.2) is 0 Å². The Hall–Kier alpha value is -1.12. The van der Waals surface area contributed by atoms with Crippen LogP contribution in [0, 0.1) is 0 Å². The molecular formula is C47H64P2Zr. The topological polar surface area (TPSA) is 0 Å². The average Bonchev–Trinajstić information content (AvgIpc) is 3.79. The maximum absolute atomic E-state index is 3.46. The van der Waals surface area contributed by atoms with Gasteiger partial charge in [0.2, 0.25) is 0 Å². The first-order valence-electron chi connectivity index (χ1n) is 20.4. The molecule has 0 bridgehead atoms. The monoisotopic (exact) mass is 780 g/mol. The van der Waals surface area contributed by atoms with Crippen LogP contribution in [-0.4, -0.2) is 22.6 Å². The van der Waals surface area contributed by atoms with E-state index in [4.69, 9.17) is 0 Å². The zero-order chi connectivity index (χ0) is 33.7. The fourth-order valence-electron chi connectivity index (χ4n) is 9.58. The largest absolute Gasteiger partial charge is 2.00 e. The zero-order valence-corrected chi connectivity index (χ0v) is 35.5. The summed E-state index contributed by atoms with van der Waals surface area (Å²) in [6.45, 7) is 5.42. The maximum Gasteiger partial charge on any atom is 2.00 e. The number of benzene rings is 2. The molecule has 4 saturated carbocycles. The van der Waals surface area contributed by atoms with Gasteiger partial charge in [-0.05, 0) is 80.9 Å². The van der Waals surface area contributed by atoms with Crippen molar-refractivity contribution in [3.05, 3.63) is 97.6 Å². The summed E-state index contributed by atoms with van der Waals surface area (Å²) < 4.78 is 0. The summed E-state index contributed by atoms with van der Waals surface area (Å²) in [6.07, 6.45) is 35.4. The first-order valence-corrected chi connectivity index (χ1v) is 23.3. The van der Waals surface area contributed by atoms with E-state index < -0.39 is 0 Å². The molecule has 0 aliphatic heterocycles. The molecule has 0 amide bonds. The van der Waals surface area contributed by atoms with E-state index in [2.05, 4.69) is 79.4 Å². The Morgan fingerprint density at radius 2 is 0.840 bits per heavy atom. The molecule has 8 rings (SSSR count). The van der Waals surface area contributed by atoms with Gasteiger partial charge in [-0.3, -0.25) is 0 Å². The van der Waals surface area contributed by atoms with E-state index in [9.17, 15) is 0 Å². The minimum Gasteiger partial charge on any atom is -0.161 e. The second kappa shape index (κ2) is 21.6. The van der Waals surface area contributed by atoms with Crippen molar-refractivity contribution in [1.82, 2.24) is 0 Å². The van der Waals surface area contributed by atoms with Crippen molar-refractivity contribution in [3.63, 3.8) is 0 Å². The number of allylic oxidation sites excluding steroid dienone is 3. The number of fused-ring (bicyclic) bond motifs is 2. The van der Waals surface area contributed by atoms with E-state index in [1.54, 1.807) is 16.7 Å². The van der Waals surface area contributed by atoms with Gasteiger partial charge in [0.05, 0.1) is 0 Å². The van der Waals surface area contributed by atoms with Crippen LogP contribution in [0.2, 0.25) is 0 Å². The van der Waals surface area contributed by atoms with Crippen LogP contribution in [-0.2, 0) is 26.2 Å². The van der Waals surface area contributed by atoms with Crippen molar-refractivity contribution in [1.29, 1.82) is 0 Å². The molecule has 266 valence electrons. The van der Waals surface area contributed by atoms with Crippen LogP contribution in [0.4, 0.5) is 0 Å². The van der Waals surface area contributed by atoms with Gasteiger partial charge in [-0.1, -0.05) is 130 Å². The molecule has 0 heterocycles. The summed E-state index contributed by atoms with van der Waals surface area (Å²) in [6, 6.07) is 28.1. The first kappa shape index (κ1) is 40.1. The maximum atomic E-state index is 3.46. The molecule has 0 nitrogen and oxygen atoms in total. The van der Waals surface area contributed by atoms with Crippen LogP contribution in [0.3, 0.4) is 0 Å². The molecule has 4 aromatic carbocycles. The minimum atomic E-state index is 0. The van der Waals surface area contributed by atoms with E-state index in [1.807, 2.05) is 19.1 Å². The second-order valence-corrected chi connectivity index (χ2v) is 21.0. The standard InChI is InChI=1S/2C21H28P.C5H8.Zr/c2*1-3-11-19(12-4-1)22(20-13-5-2-6-14-20)21-15-17-9-7-8-10-18(17)16-21;1-3-5-4-2;/h2*7-10,15-16,19-20H,1-6,11-14H2;3-5H,1H2,2H3;/q2*-1;;+2/b;;5-4+;. The number of hydrogen-bond donors (Lipinski definition) is 0. The van der Waals surface area contributed by atoms with E-state index in [0.717, 1.165) is 22.6 Å². The molecule has 0 aromatic heterocycles. The van der Waals surface area contributed by atoms with Crippen molar-refractivity contribution >= 4 is 48.0 Å². The third-order valence-corrected chi connectivity index (χ3v) is 18.9. The van der Waals surface area contributed by atoms with Gasteiger partial charge in [0.25, 0.3) is 0 Å². The Bertz CT molecular complexity index is 1340. The van der Waals surface area contributed by atoms with Crippen molar-refractivity contribution in [2.75, 3.05) is 0 Å². The van der Waals surface area contributed by atoms with Gasteiger partial charge in [0.1, 0.15) is 0 Å². The van der Waals surface area contributed by atoms with Crippen LogP contribution in [0.25, 0.3) is 21.5 Å². The summed E-state index contributed by atoms with van der Waals surface area (Å²) in [7, 11) is 0.122. The smallest absolute Gasteiger partial charge is 0.161 e. The fourth-order valence-corrected chi connectivity index (χ4v) is 17.3. The summed E-state index contributed by atoms with van der Waals surface area (Å²) >= 11 is 0. The normalized spacial score (nSPS) is 20.0. The molecule has 4 aromatic rings. The quantitative estimate of drug-likeness (QED) is 0.0995. The summed E-state index contributed by atoms with van der Waals surface area (Å²) in [5.41, 5.74) is 4.07. The molecule has 0 spiro atoms. The van der Waals surface area contributed by atoms with Crippen LogP contribution in [0.1, 0.15) is 135 Å². The van der Waals surface area contributed by atoms with Gasteiger partial charge in [-0.2, -0.15) is 12.1 Å². The van der Waals surface area contributed by atoms with Crippen molar-refractivity contribution < 1.29 is 26.2 Å². The molecule has 4 aliphatic rings. The van der Waals surface area contributed by atoms with Crippen LogP contribution < -0.4 is 10.6 Å². The summed E-state index contributed by atoms with van der Waals surface area (Å²) in [5.74, 6) is 0. The van der Waals surface area contributed by atoms with Gasteiger partial charge < -0.3 is 0 Å². The van der Waals surface area contributed by atoms with Crippen molar-refractivity contribution in [2.45, 2.75) is 158 Å². The Labute approximate surface area is 327 Å². The molecule has 0 N–H and O–H groups in total. The van der Waals surface area contributed by atoms with Crippen molar-refractivity contribution in [2.24, 2.45) is 0 Å². The SMILES string of the molecule is C=C/C=C/C.[Zr+2].c1ccc2[cH-]c(P(C3CCCCC3)C3CCCCC3)cc2c1.c1ccc2[cH-]c(P(C3CCCCC3)C3CCCCC3)cc2c1. The third kappa shape index (κ3) is 11.0. The van der Waals surface area contributed by atoms with Crippen LogP contribution >= 0.6 is 15.8 Å². The van der Waals surface area contributed by atoms with Gasteiger partial charge in [0, 0.05) is 0 Å². The van der Waals surface area contributed by atoms with Crippen molar-refractivity contribution in [3.8, 4) is 0 Å². The molecule has 4 aliphatic carbocycles. The molecular weight excluding hydrogens is 718 g/mol. The molecule has 4 fully saturated rings. The Kier molecular flexibility index (Phi) is 17.3. The van der Waals surface area contributed by atoms with Crippen LogP contribution in [0.15, 0.2) is 97.6 Å². The number of hydrogen-bond acceptors (Lipinski definition) is 0. The van der Waals surface area contributed by atoms with Crippen LogP contribution in [0.5, 0.6) is 0 Å². The Morgan fingerprint density at radius 1 is 0.520 bits per heavy atom. The Balaban J connectivity index is 0.000000169. The average molecular weight is 782 g/mol. The van der Waals surface area contributed by atoms with E-state index in [1.165, 1.54) is 150 Å². The number of rotatable bonds is 7. The van der Waals surface area contributed by atoms with E-state index in [-0.39, 0.29) is 42.0 Å². The third-order valence-electron chi connectivity index (χ3n) is 12.0. The van der Waals surface area contributed by atoms with E-state index >= 15 is 0 Å². The van der Waals surface area contributed by atoms with Gasteiger partial charge >= 0.3 is 26.2 Å². The second-order valence-electron chi connectivity index (χ2n) is 15.4. The predicted molar refractivity (Wildman–Crippen MR) is 225 cm³/mol. The first-order chi connectivity index (χ1) is 24.2. The van der Waals surface area contributed by atoms with E-state index in [0.29, 0.717) is 0 Å². The molecule has 0 atom stereocenters. The summed E-state index contributed by atoms with van der Waals surface area (Å²) in [4.78, 5) is 0. The summed E-state index contributed by atoms with van der Waals surface area (Å²) in [5, 5.41) is 9.34. The molecule has 3 heteroatoms. The van der Waals surface area contributed by atoms with Gasteiger partial charge in [-0.15, -0.1) is 80.7 Å².